The molecule has 0 saturated heterocycles. The van der Waals surface area contributed by atoms with Crippen molar-refractivity contribution in [2.45, 2.75) is 20.3 Å². The molecule has 1 aromatic heterocycles. The van der Waals surface area contributed by atoms with Gasteiger partial charge in [0.15, 0.2) is 5.76 Å². The van der Waals surface area contributed by atoms with Gasteiger partial charge in [0.2, 0.25) is 0 Å². The number of carbonyl (C=O) groups excluding carboxylic acids is 1. The standard InChI is InChI=1S/C15H17NO3/c1-3-8-18-13-6-4-5-12(10-13)16-15(17)14-11(2)7-9-19-14/h4-7,9-10H,3,8H2,1-2H3,(H,16,17). The quantitative estimate of drug-likeness (QED) is 0.892. The third-order valence-corrected chi connectivity index (χ3v) is 2.63. The van der Waals surface area contributed by atoms with E-state index in [1.54, 1.807) is 12.1 Å². The van der Waals surface area contributed by atoms with Crippen LogP contribution in [0.4, 0.5) is 5.69 Å². The van der Waals surface area contributed by atoms with Crippen LogP contribution in [0.2, 0.25) is 0 Å². The highest BCUT2D eigenvalue weighted by atomic mass is 16.5. The molecule has 0 aliphatic rings. The Morgan fingerprint density at radius 2 is 2.21 bits per heavy atom. The van der Waals surface area contributed by atoms with Crippen molar-refractivity contribution in [2.24, 2.45) is 0 Å². The molecule has 0 atom stereocenters. The second kappa shape index (κ2) is 6.09. The van der Waals surface area contributed by atoms with E-state index in [4.69, 9.17) is 9.15 Å². The van der Waals surface area contributed by atoms with Gasteiger partial charge >= 0.3 is 0 Å². The van der Waals surface area contributed by atoms with Crippen molar-refractivity contribution < 1.29 is 13.9 Å². The van der Waals surface area contributed by atoms with Crippen LogP contribution < -0.4 is 10.1 Å². The van der Waals surface area contributed by atoms with Crippen LogP contribution in [0.25, 0.3) is 0 Å². The highest BCUT2D eigenvalue weighted by molar-refractivity contribution is 6.03. The number of hydrogen-bond donors (Lipinski definition) is 1. The van der Waals surface area contributed by atoms with Crippen molar-refractivity contribution in [3.05, 3.63) is 47.9 Å². The first-order chi connectivity index (χ1) is 9.20. The maximum absolute atomic E-state index is 12.0. The molecule has 4 nitrogen and oxygen atoms in total. The van der Waals surface area contributed by atoms with Gasteiger partial charge < -0.3 is 14.5 Å². The summed E-state index contributed by atoms with van der Waals surface area (Å²) in [7, 11) is 0. The third kappa shape index (κ3) is 3.37. The van der Waals surface area contributed by atoms with Gasteiger partial charge in [0, 0.05) is 17.3 Å². The van der Waals surface area contributed by atoms with Gasteiger partial charge in [0.05, 0.1) is 12.9 Å². The molecular weight excluding hydrogens is 242 g/mol. The topological polar surface area (TPSA) is 51.5 Å². The van der Waals surface area contributed by atoms with E-state index in [2.05, 4.69) is 5.32 Å². The molecule has 0 fully saturated rings. The van der Waals surface area contributed by atoms with Crippen LogP contribution in [0.1, 0.15) is 29.5 Å². The van der Waals surface area contributed by atoms with Gasteiger partial charge in [0.25, 0.3) is 5.91 Å². The van der Waals surface area contributed by atoms with Gasteiger partial charge in [-0.15, -0.1) is 0 Å². The molecule has 100 valence electrons. The van der Waals surface area contributed by atoms with Crippen LogP contribution >= 0.6 is 0 Å². The first-order valence-electron chi connectivity index (χ1n) is 6.29. The molecule has 1 heterocycles. The summed E-state index contributed by atoms with van der Waals surface area (Å²) in [6.07, 6.45) is 2.45. The summed E-state index contributed by atoms with van der Waals surface area (Å²) in [4.78, 5) is 12.0. The molecule has 1 amide bonds. The number of aryl methyl sites for hydroxylation is 1. The zero-order valence-corrected chi connectivity index (χ0v) is 11.1. The van der Waals surface area contributed by atoms with Gasteiger partial charge in [-0.25, -0.2) is 0 Å². The van der Waals surface area contributed by atoms with E-state index in [1.165, 1.54) is 6.26 Å². The summed E-state index contributed by atoms with van der Waals surface area (Å²) in [5.41, 5.74) is 1.50. The summed E-state index contributed by atoms with van der Waals surface area (Å²) in [6, 6.07) is 9.08. The van der Waals surface area contributed by atoms with Crippen molar-refractivity contribution in [1.29, 1.82) is 0 Å². The Morgan fingerprint density at radius 3 is 2.89 bits per heavy atom. The van der Waals surface area contributed by atoms with E-state index in [9.17, 15) is 4.79 Å². The van der Waals surface area contributed by atoms with Crippen molar-refractivity contribution in [3.8, 4) is 5.75 Å². The van der Waals surface area contributed by atoms with Crippen LogP contribution in [0.15, 0.2) is 41.0 Å². The highest BCUT2D eigenvalue weighted by Crippen LogP contribution is 2.19. The van der Waals surface area contributed by atoms with Gasteiger partial charge in [-0.2, -0.15) is 0 Å². The Bertz CT molecular complexity index is 560. The number of anilines is 1. The smallest absolute Gasteiger partial charge is 0.291 e. The largest absolute Gasteiger partial charge is 0.494 e. The molecule has 4 heteroatoms. The number of furan rings is 1. The zero-order valence-electron chi connectivity index (χ0n) is 11.1. The minimum Gasteiger partial charge on any atom is -0.494 e. The van der Waals surface area contributed by atoms with Crippen molar-refractivity contribution >= 4 is 11.6 Å². The Hall–Kier alpha value is -2.23. The lowest BCUT2D eigenvalue weighted by molar-refractivity contribution is 0.0996. The Labute approximate surface area is 112 Å². The number of amides is 1. The van der Waals surface area contributed by atoms with E-state index < -0.39 is 0 Å². The van der Waals surface area contributed by atoms with E-state index in [-0.39, 0.29) is 5.91 Å². The average molecular weight is 259 g/mol. The summed E-state index contributed by atoms with van der Waals surface area (Å²) >= 11 is 0. The van der Waals surface area contributed by atoms with Crippen LogP contribution in [0.5, 0.6) is 5.75 Å². The van der Waals surface area contributed by atoms with Crippen LogP contribution in [-0.4, -0.2) is 12.5 Å². The zero-order chi connectivity index (χ0) is 13.7. The fraction of sp³-hybridized carbons (Fsp3) is 0.267. The average Bonchev–Trinajstić information content (AvgIpc) is 2.83. The number of hydrogen-bond acceptors (Lipinski definition) is 3. The third-order valence-electron chi connectivity index (χ3n) is 2.63. The lowest BCUT2D eigenvalue weighted by atomic mass is 10.2. The second-order valence-corrected chi connectivity index (χ2v) is 4.26. The van der Waals surface area contributed by atoms with E-state index in [1.807, 2.05) is 32.0 Å². The molecular formula is C15H17NO3. The second-order valence-electron chi connectivity index (χ2n) is 4.26. The molecule has 0 aliphatic carbocycles. The molecule has 1 N–H and O–H groups in total. The molecule has 0 radical (unpaired) electrons. The highest BCUT2D eigenvalue weighted by Gasteiger charge is 2.12. The van der Waals surface area contributed by atoms with Crippen molar-refractivity contribution in [3.63, 3.8) is 0 Å². The SMILES string of the molecule is CCCOc1cccc(NC(=O)c2occc2C)c1. The minimum atomic E-state index is -0.254. The maximum atomic E-state index is 12.0. The van der Waals surface area contributed by atoms with Crippen molar-refractivity contribution in [2.75, 3.05) is 11.9 Å². The lowest BCUT2D eigenvalue weighted by Gasteiger charge is -2.08. The Balaban J connectivity index is 2.07. The first-order valence-corrected chi connectivity index (χ1v) is 6.29. The number of ether oxygens (including phenoxy) is 1. The maximum Gasteiger partial charge on any atom is 0.291 e. The van der Waals surface area contributed by atoms with Crippen LogP contribution in [-0.2, 0) is 0 Å². The number of rotatable bonds is 5. The monoisotopic (exact) mass is 259 g/mol. The summed E-state index contributed by atoms with van der Waals surface area (Å²) in [5, 5.41) is 2.79. The number of nitrogens with one attached hydrogen (secondary N) is 1. The summed E-state index contributed by atoms with van der Waals surface area (Å²) in [6.45, 7) is 4.54. The van der Waals surface area contributed by atoms with Gasteiger partial charge in [-0.1, -0.05) is 13.0 Å². The van der Waals surface area contributed by atoms with E-state index in [0.29, 0.717) is 18.1 Å². The van der Waals surface area contributed by atoms with Gasteiger partial charge in [0.1, 0.15) is 5.75 Å². The number of benzene rings is 1. The minimum absolute atomic E-state index is 0.254. The van der Waals surface area contributed by atoms with Crippen LogP contribution in [0, 0.1) is 6.92 Å². The molecule has 0 saturated carbocycles. The molecule has 0 aliphatic heterocycles. The summed E-state index contributed by atoms with van der Waals surface area (Å²) < 4.78 is 10.7. The first kappa shape index (κ1) is 13.2. The van der Waals surface area contributed by atoms with Gasteiger partial charge in [-0.05, 0) is 31.5 Å². The Kier molecular flexibility index (Phi) is 4.23. The molecule has 0 bridgehead atoms. The van der Waals surface area contributed by atoms with E-state index in [0.717, 1.165) is 17.7 Å². The normalized spacial score (nSPS) is 10.2. The fourth-order valence-electron chi connectivity index (χ4n) is 1.68. The number of carbonyl (C=O) groups is 1. The predicted octanol–water partition coefficient (Wildman–Crippen LogP) is 3.63. The van der Waals surface area contributed by atoms with Gasteiger partial charge in [-0.3, -0.25) is 4.79 Å². The molecule has 0 unspecified atom stereocenters. The molecule has 2 aromatic rings. The molecule has 1 aromatic carbocycles. The molecule has 19 heavy (non-hydrogen) atoms. The Morgan fingerprint density at radius 1 is 1.37 bits per heavy atom. The van der Waals surface area contributed by atoms with E-state index >= 15 is 0 Å². The molecule has 2 rings (SSSR count). The van der Waals surface area contributed by atoms with Crippen molar-refractivity contribution in [1.82, 2.24) is 0 Å². The summed E-state index contributed by atoms with van der Waals surface area (Å²) in [5.74, 6) is 0.825. The predicted molar refractivity (Wildman–Crippen MR) is 73.6 cm³/mol. The fourth-order valence-corrected chi connectivity index (χ4v) is 1.68. The lowest BCUT2D eigenvalue weighted by Crippen LogP contribution is -2.12. The molecule has 0 spiro atoms. The van der Waals surface area contributed by atoms with Crippen LogP contribution in [0.3, 0.4) is 0 Å².